The lowest BCUT2D eigenvalue weighted by atomic mass is 9.94. The summed E-state index contributed by atoms with van der Waals surface area (Å²) in [7, 11) is -2.22. The van der Waals surface area contributed by atoms with Gasteiger partial charge < -0.3 is 9.64 Å². The third-order valence-electron chi connectivity index (χ3n) is 4.93. The number of nitrogens with zero attached hydrogens (tertiary/aromatic N) is 3. The van der Waals surface area contributed by atoms with Gasteiger partial charge in [0.2, 0.25) is 10.0 Å². The fourth-order valence-corrected chi connectivity index (χ4v) is 5.47. The number of rotatable bonds is 5. The van der Waals surface area contributed by atoms with E-state index in [-0.39, 0.29) is 23.6 Å². The minimum Gasteiger partial charge on any atom is -0.466 e. The topological polar surface area (TPSA) is 101 Å². The maximum absolute atomic E-state index is 13.7. The summed E-state index contributed by atoms with van der Waals surface area (Å²) >= 11 is 7.66. The van der Waals surface area contributed by atoms with Crippen molar-refractivity contribution in [3.63, 3.8) is 0 Å². The fourth-order valence-electron chi connectivity index (χ4n) is 3.80. The normalized spacial score (nSPS) is 21.2. The van der Waals surface area contributed by atoms with Gasteiger partial charge in [0.15, 0.2) is 10.8 Å². The maximum Gasteiger partial charge on any atom is 0.338 e. The Balaban J connectivity index is 1.89. The number of methoxy groups -OCH3 is 1. The summed E-state index contributed by atoms with van der Waals surface area (Å²) in [6.45, 7) is 0.269. The third-order valence-corrected chi connectivity index (χ3v) is 6.78. The van der Waals surface area contributed by atoms with Crippen molar-refractivity contribution in [3.8, 4) is 0 Å². The van der Waals surface area contributed by atoms with Gasteiger partial charge in [-0.15, -0.1) is 11.3 Å². The van der Waals surface area contributed by atoms with E-state index in [9.17, 15) is 17.6 Å². The molecular formula is C19H18ClFN4O4S2. The number of esters is 1. The van der Waals surface area contributed by atoms with Crippen molar-refractivity contribution in [2.24, 2.45) is 4.99 Å². The van der Waals surface area contributed by atoms with Gasteiger partial charge in [0.1, 0.15) is 11.9 Å². The van der Waals surface area contributed by atoms with Crippen LogP contribution in [0.2, 0.25) is 5.02 Å². The van der Waals surface area contributed by atoms with Gasteiger partial charge in [-0.1, -0.05) is 17.7 Å². The monoisotopic (exact) mass is 484 g/mol. The SMILES string of the molecule is COC(=O)C1=C2CC(NS(C)(=O)=O)CN2C(c2nccs2)=N[C@H]1c1ccc(F)cc1Cl. The number of hydrogen-bond donors (Lipinski definition) is 1. The second-order valence-electron chi connectivity index (χ2n) is 7.11. The van der Waals surface area contributed by atoms with Crippen LogP contribution in [0.15, 0.2) is 46.0 Å². The Morgan fingerprint density at radius 3 is 2.81 bits per heavy atom. The van der Waals surface area contributed by atoms with Crippen molar-refractivity contribution in [1.82, 2.24) is 14.6 Å². The first kappa shape index (κ1) is 21.9. The average Bonchev–Trinajstić information content (AvgIpc) is 3.34. The van der Waals surface area contributed by atoms with E-state index in [1.54, 1.807) is 16.5 Å². The van der Waals surface area contributed by atoms with E-state index in [1.165, 1.54) is 30.6 Å². The third kappa shape index (κ3) is 4.36. The Kier molecular flexibility index (Phi) is 5.86. The van der Waals surface area contributed by atoms with Gasteiger partial charge in [-0.3, -0.25) is 4.99 Å². The van der Waals surface area contributed by atoms with Gasteiger partial charge in [-0.25, -0.2) is 27.3 Å². The molecule has 2 aromatic rings. The highest BCUT2D eigenvalue weighted by molar-refractivity contribution is 7.88. The number of halogens is 2. The molecule has 2 atom stereocenters. The van der Waals surface area contributed by atoms with E-state index in [4.69, 9.17) is 21.3 Å². The number of benzene rings is 1. The van der Waals surface area contributed by atoms with Crippen molar-refractivity contribution in [3.05, 3.63) is 62.5 Å². The Labute approximate surface area is 187 Å². The molecule has 0 radical (unpaired) electrons. The molecule has 1 N–H and O–H groups in total. The first-order chi connectivity index (χ1) is 14.7. The highest BCUT2D eigenvalue weighted by atomic mass is 35.5. The number of hydrogen-bond acceptors (Lipinski definition) is 8. The standard InChI is InChI=1S/C19H18ClFN4O4S2/c1-29-19(26)15-14-8-11(24-31(2,27)28)9-25(14)17(18-22-5-6-30-18)23-16(15)12-4-3-10(21)7-13(12)20/h3-7,11,16,24H,8-9H2,1-2H3/t11?,16-/m0/s1. The van der Waals surface area contributed by atoms with Gasteiger partial charge in [-0.2, -0.15) is 0 Å². The zero-order chi connectivity index (χ0) is 22.3. The molecule has 164 valence electrons. The van der Waals surface area contributed by atoms with E-state index in [0.717, 1.165) is 12.3 Å². The first-order valence-corrected chi connectivity index (χ1v) is 12.3. The van der Waals surface area contributed by atoms with Crippen molar-refractivity contribution >= 4 is 44.8 Å². The van der Waals surface area contributed by atoms with Gasteiger partial charge in [0.25, 0.3) is 0 Å². The van der Waals surface area contributed by atoms with Crippen LogP contribution in [0.4, 0.5) is 4.39 Å². The van der Waals surface area contributed by atoms with E-state index in [2.05, 4.69) is 9.71 Å². The number of ether oxygens (including phenoxy) is 1. The van der Waals surface area contributed by atoms with Crippen LogP contribution in [-0.4, -0.2) is 56.1 Å². The van der Waals surface area contributed by atoms with Crippen LogP contribution in [0, 0.1) is 5.82 Å². The molecule has 1 fully saturated rings. The lowest BCUT2D eigenvalue weighted by Gasteiger charge is -2.31. The molecule has 0 saturated carbocycles. The minimum absolute atomic E-state index is 0.117. The van der Waals surface area contributed by atoms with Crippen LogP contribution < -0.4 is 4.72 Å². The Bertz CT molecular complexity index is 1200. The molecule has 0 spiro atoms. The van der Waals surface area contributed by atoms with Crippen molar-refractivity contribution in [2.45, 2.75) is 18.5 Å². The first-order valence-electron chi connectivity index (χ1n) is 9.16. The summed E-state index contributed by atoms with van der Waals surface area (Å²) in [6.07, 6.45) is 2.96. The fraction of sp³-hybridized carbons (Fsp3) is 0.316. The molecule has 1 aromatic carbocycles. The minimum atomic E-state index is -3.47. The Hall–Kier alpha value is -2.34. The van der Waals surface area contributed by atoms with E-state index >= 15 is 0 Å². The predicted molar refractivity (Wildman–Crippen MR) is 115 cm³/mol. The summed E-state index contributed by atoms with van der Waals surface area (Å²) in [5.74, 6) is -0.644. The van der Waals surface area contributed by atoms with Gasteiger partial charge in [0, 0.05) is 46.9 Å². The van der Waals surface area contributed by atoms with Gasteiger partial charge in [0.05, 0.1) is 18.9 Å². The summed E-state index contributed by atoms with van der Waals surface area (Å²) in [4.78, 5) is 23.7. The van der Waals surface area contributed by atoms with E-state index in [0.29, 0.717) is 22.1 Å². The van der Waals surface area contributed by atoms with Gasteiger partial charge in [-0.05, 0) is 12.1 Å². The number of carbonyl (C=O) groups is 1. The quantitative estimate of drug-likeness (QED) is 0.654. The number of carbonyl (C=O) groups excluding carboxylic acids is 1. The molecule has 1 aromatic heterocycles. The van der Waals surface area contributed by atoms with Crippen LogP contribution in [0.25, 0.3) is 0 Å². The predicted octanol–water partition coefficient (Wildman–Crippen LogP) is 2.49. The van der Waals surface area contributed by atoms with E-state index in [1.807, 2.05) is 0 Å². The summed E-state index contributed by atoms with van der Waals surface area (Å²) in [6, 6.07) is 2.55. The van der Waals surface area contributed by atoms with E-state index < -0.39 is 33.9 Å². The van der Waals surface area contributed by atoms with Crippen LogP contribution >= 0.6 is 22.9 Å². The average molecular weight is 485 g/mol. The molecule has 12 heteroatoms. The number of sulfonamides is 1. The van der Waals surface area contributed by atoms with Crippen molar-refractivity contribution in [1.29, 1.82) is 0 Å². The molecule has 8 nitrogen and oxygen atoms in total. The molecule has 31 heavy (non-hydrogen) atoms. The second kappa shape index (κ2) is 8.30. The Morgan fingerprint density at radius 2 is 2.19 bits per heavy atom. The lowest BCUT2D eigenvalue weighted by Crippen LogP contribution is -2.39. The zero-order valence-corrected chi connectivity index (χ0v) is 18.9. The number of thiazole rings is 1. The number of aromatic nitrogens is 1. The van der Waals surface area contributed by atoms with Crippen LogP contribution in [0.1, 0.15) is 23.0 Å². The summed E-state index contributed by atoms with van der Waals surface area (Å²) in [5, 5.41) is 2.51. The smallest absolute Gasteiger partial charge is 0.338 e. The molecular weight excluding hydrogens is 467 g/mol. The van der Waals surface area contributed by atoms with Crippen LogP contribution in [0.5, 0.6) is 0 Å². The Morgan fingerprint density at radius 1 is 1.42 bits per heavy atom. The molecule has 4 rings (SSSR count). The molecule has 1 unspecified atom stereocenters. The highest BCUT2D eigenvalue weighted by Gasteiger charge is 2.43. The van der Waals surface area contributed by atoms with Gasteiger partial charge >= 0.3 is 5.97 Å². The molecule has 0 bridgehead atoms. The molecule has 0 aliphatic carbocycles. The largest absolute Gasteiger partial charge is 0.466 e. The zero-order valence-electron chi connectivity index (χ0n) is 16.5. The van der Waals surface area contributed by atoms with Crippen molar-refractivity contribution in [2.75, 3.05) is 19.9 Å². The second-order valence-corrected chi connectivity index (χ2v) is 10.2. The molecule has 2 aliphatic heterocycles. The number of amidine groups is 1. The number of aliphatic imine (C=N–C) groups is 1. The lowest BCUT2D eigenvalue weighted by molar-refractivity contribution is -0.136. The summed E-state index contributed by atoms with van der Waals surface area (Å²) < 4.78 is 44.9. The highest BCUT2D eigenvalue weighted by Crippen LogP contribution is 2.42. The van der Waals surface area contributed by atoms with Crippen LogP contribution in [0.3, 0.4) is 0 Å². The number of nitrogens with one attached hydrogen (secondary N) is 1. The summed E-state index contributed by atoms with van der Waals surface area (Å²) in [5.41, 5.74) is 1.23. The molecule has 0 amide bonds. The molecule has 2 aliphatic rings. The van der Waals surface area contributed by atoms with Crippen LogP contribution in [-0.2, 0) is 19.6 Å². The maximum atomic E-state index is 13.7. The van der Waals surface area contributed by atoms with Crippen molar-refractivity contribution < 1.29 is 22.3 Å². The number of fused-ring (bicyclic) bond motifs is 1. The molecule has 1 saturated heterocycles. The molecule has 3 heterocycles.